The molecule has 0 amide bonds. The van der Waals surface area contributed by atoms with Crippen LogP contribution in [0.2, 0.25) is 0 Å². The lowest BCUT2D eigenvalue weighted by Crippen LogP contribution is -1.91. The molecule has 7 aromatic carbocycles. The Morgan fingerprint density at radius 1 is 0.486 bits per heavy atom. The summed E-state index contributed by atoms with van der Waals surface area (Å²) < 4.78 is 45.0. The van der Waals surface area contributed by atoms with Crippen molar-refractivity contribution in [3.8, 4) is 22.3 Å². The topological polar surface area (TPSA) is 0 Å². The maximum Gasteiger partial charge on any atom is 0.0629 e. The van der Waals surface area contributed by atoms with Gasteiger partial charge in [0.1, 0.15) is 0 Å². The van der Waals surface area contributed by atoms with Crippen molar-refractivity contribution >= 4 is 63.8 Å². The van der Waals surface area contributed by atoms with Crippen molar-refractivity contribution in [3.63, 3.8) is 0 Å². The Morgan fingerprint density at radius 3 is 1.81 bits per heavy atom. The van der Waals surface area contributed by atoms with E-state index in [0.717, 1.165) is 32.7 Å². The second kappa shape index (κ2) is 8.03. The summed E-state index contributed by atoms with van der Waals surface area (Å²) >= 11 is 1.81. The van der Waals surface area contributed by atoms with Crippen LogP contribution in [0.3, 0.4) is 0 Å². The average Bonchev–Trinajstić information content (AvgIpc) is 3.42. The molecule has 0 aliphatic rings. The van der Waals surface area contributed by atoms with E-state index in [0.29, 0.717) is 5.56 Å². The van der Waals surface area contributed by atoms with Crippen molar-refractivity contribution in [3.05, 3.63) is 133 Å². The predicted octanol–water partition coefficient (Wildman–Crippen LogP) is 10.8. The molecule has 8 aromatic rings. The molecule has 8 rings (SSSR count). The second-order valence-electron chi connectivity index (χ2n) is 9.29. The summed E-state index contributed by atoms with van der Waals surface area (Å²) in [6, 6.07) is 34.0. The van der Waals surface area contributed by atoms with Gasteiger partial charge in [-0.3, -0.25) is 0 Å². The zero-order chi connectivity index (χ0) is 28.7. The highest BCUT2D eigenvalue weighted by atomic mass is 32.1. The molecule has 0 nitrogen and oxygen atoms in total. The van der Waals surface area contributed by atoms with E-state index in [1.165, 1.54) is 30.9 Å². The summed E-state index contributed by atoms with van der Waals surface area (Å²) in [5.74, 6) is 0. The van der Waals surface area contributed by atoms with Gasteiger partial charge in [-0.05, 0) is 60.6 Å². The standard InChI is InChI=1S/C36H22S/c1-2-12-24(13-3-1)33-26-15-6-8-17-28(26)34(29-18-9-7-16-27(29)33)30-19-10-20-32-35(30)31-22-21-23-11-4-5-14-25(23)36(31)37-32/h1-22H/i1D,2D,3D,12D,13D. The van der Waals surface area contributed by atoms with Crippen LogP contribution in [0.25, 0.3) is 74.7 Å². The van der Waals surface area contributed by atoms with Crippen LogP contribution in [0.1, 0.15) is 6.85 Å². The van der Waals surface area contributed by atoms with Crippen LogP contribution in [0.15, 0.2) is 133 Å². The van der Waals surface area contributed by atoms with Crippen LogP contribution in [0, 0.1) is 0 Å². The Labute approximate surface area is 226 Å². The molecular formula is C36H22S. The lowest BCUT2D eigenvalue weighted by Gasteiger charge is -2.18. The van der Waals surface area contributed by atoms with Gasteiger partial charge in [0.2, 0.25) is 0 Å². The lowest BCUT2D eigenvalue weighted by molar-refractivity contribution is 1.67. The van der Waals surface area contributed by atoms with E-state index in [1.54, 1.807) is 0 Å². The van der Waals surface area contributed by atoms with Gasteiger partial charge >= 0.3 is 0 Å². The predicted molar refractivity (Wildman–Crippen MR) is 163 cm³/mol. The van der Waals surface area contributed by atoms with Gasteiger partial charge in [0.15, 0.2) is 0 Å². The van der Waals surface area contributed by atoms with Gasteiger partial charge in [-0.25, -0.2) is 0 Å². The molecular weight excluding hydrogens is 464 g/mol. The Bertz CT molecular complexity index is 2340. The van der Waals surface area contributed by atoms with Crippen molar-refractivity contribution in [2.24, 2.45) is 0 Å². The molecule has 0 N–H and O–H groups in total. The highest BCUT2D eigenvalue weighted by Gasteiger charge is 2.19. The molecule has 37 heavy (non-hydrogen) atoms. The third-order valence-corrected chi connectivity index (χ3v) is 8.54. The van der Waals surface area contributed by atoms with E-state index >= 15 is 0 Å². The van der Waals surface area contributed by atoms with E-state index in [-0.39, 0.29) is 35.8 Å². The number of hydrogen-bond acceptors (Lipinski definition) is 1. The van der Waals surface area contributed by atoms with Gasteiger partial charge in [-0.1, -0.05) is 127 Å². The highest BCUT2D eigenvalue weighted by Crippen LogP contribution is 2.48. The van der Waals surface area contributed by atoms with Crippen LogP contribution >= 0.6 is 11.3 Å². The Hall–Kier alpha value is -4.46. The highest BCUT2D eigenvalue weighted by molar-refractivity contribution is 7.26. The molecule has 0 saturated carbocycles. The van der Waals surface area contributed by atoms with Crippen molar-refractivity contribution < 1.29 is 6.85 Å². The maximum absolute atomic E-state index is 8.81. The lowest BCUT2D eigenvalue weighted by atomic mass is 9.85. The third kappa shape index (κ3) is 3.02. The van der Waals surface area contributed by atoms with Crippen molar-refractivity contribution in [1.82, 2.24) is 0 Å². The molecule has 0 aliphatic carbocycles. The summed E-state index contributed by atoms with van der Waals surface area (Å²) in [7, 11) is 0. The fourth-order valence-electron chi connectivity index (χ4n) is 5.83. The number of hydrogen-bond donors (Lipinski definition) is 0. The van der Waals surface area contributed by atoms with E-state index in [2.05, 4.69) is 66.7 Å². The molecule has 0 spiro atoms. The minimum absolute atomic E-state index is 0.193. The largest absolute Gasteiger partial charge is 0.135 e. The van der Waals surface area contributed by atoms with E-state index in [1.807, 2.05) is 47.7 Å². The number of benzene rings is 7. The molecule has 1 aromatic heterocycles. The van der Waals surface area contributed by atoms with Gasteiger partial charge in [-0.2, -0.15) is 0 Å². The molecule has 1 heteroatoms. The van der Waals surface area contributed by atoms with E-state index < -0.39 is 0 Å². The van der Waals surface area contributed by atoms with Crippen LogP contribution in [0.4, 0.5) is 0 Å². The first-order chi connectivity index (χ1) is 20.5. The van der Waals surface area contributed by atoms with E-state index in [9.17, 15) is 0 Å². The minimum atomic E-state index is -0.387. The fraction of sp³-hybridized carbons (Fsp3) is 0. The zero-order valence-corrected chi connectivity index (χ0v) is 20.5. The third-order valence-electron chi connectivity index (χ3n) is 7.34. The summed E-state index contributed by atoms with van der Waals surface area (Å²) in [5.41, 5.74) is 3.09. The summed E-state index contributed by atoms with van der Waals surface area (Å²) in [5, 5.41) is 8.54. The fourth-order valence-corrected chi connectivity index (χ4v) is 7.09. The Kier molecular flexibility index (Phi) is 3.54. The van der Waals surface area contributed by atoms with Crippen molar-refractivity contribution in [2.45, 2.75) is 0 Å². The SMILES string of the molecule is [2H]c1c([2H])c([2H])c(-c2c3ccccc3c(-c3cccc4sc5c6ccccc6ccc5c34)c3ccccc23)c([2H])c1[2H]. The van der Waals surface area contributed by atoms with Gasteiger partial charge in [-0.15, -0.1) is 11.3 Å². The first kappa shape index (κ1) is 16.3. The molecule has 0 atom stereocenters. The zero-order valence-electron chi connectivity index (χ0n) is 24.7. The van der Waals surface area contributed by atoms with Crippen LogP contribution < -0.4 is 0 Å². The smallest absolute Gasteiger partial charge is 0.0629 e. The van der Waals surface area contributed by atoms with Gasteiger partial charge in [0.25, 0.3) is 0 Å². The Balaban J connectivity index is 1.57. The number of fused-ring (bicyclic) bond motifs is 7. The first-order valence-electron chi connectivity index (χ1n) is 14.8. The summed E-state index contributed by atoms with van der Waals surface area (Å²) in [6.45, 7) is 0. The molecule has 0 unspecified atom stereocenters. The monoisotopic (exact) mass is 491 g/mol. The molecule has 0 saturated heterocycles. The van der Waals surface area contributed by atoms with Gasteiger partial charge in [0.05, 0.1) is 6.85 Å². The minimum Gasteiger partial charge on any atom is -0.135 e. The normalized spacial score (nSPS) is 13.7. The molecule has 1 heterocycles. The average molecular weight is 492 g/mol. The second-order valence-corrected chi connectivity index (χ2v) is 10.3. The first-order valence-corrected chi connectivity index (χ1v) is 13.1. The number of rotatable bonds is 2. The number of thiophene rings is 1. The van der Waals surface area contributed by atoms with Gasteiger partial charge in [0, 0.05) is 20.2 Å². The van der Waals surface area contributed by atoms with E-state index in [4.69, 9.17) is 6.85 Å². The molecule has 172 valence electrons. The quantitative estimate of drug-likeness (QED) is 0.211. The molecule has 0 fully saturated rings. The van der Waals surface area contributed by atoms with Crippen molar-refractivity contribution in [2.75, 3.05) is 0 Å². The maximum atomic E-state index is 8.81. The molecule has 0 radical (unpaired) electrons. The Morgan fingerprint density at radius 2 is 1.11 bits per heavy atom. The summed E-state index contributed by atoms with van der Waals surface area (Å²) in [4.78, 5) is 0. The summed E-state index contributed by atoms with van der Waals surface area (Å²) in [6.07, 6.45) is 0. The van der Waals surface area contributed by atoms with Crippen LogP contribution in [-0.2, 0) is 0 Å². The van der Waals surface area contributed by atoms with Gasteiger partial charge < -0.3 is 0 Å². The van der Waals surface area contributed by atoms with Crippen LogP contribution in [-0.4, -0.2) is 0 Å². The van der Waals surface area contributed by atoms with Crippen molar-refractivity contribution in [1.29, 1.82) is 0 Å². The molecule has 0 bridgehead atoms. The molecule has 0 aliphatic heterocycles. The van der Waals surface area contributed by atoms with Crippen LogP contribution in [0.5, 0.6) is 0 Å².